The van der Waals surface area contributed by atoms with E-state index < -0.39 is 13.2 Å². The summed E-state index contributed by atoms with van der Waals surface area (Å²) < 4.78 is 19.0. The lowest BCUT2D eigenvalue weighted by Crippen LogP contribution is -2.50. The molecule has 0 amide bonds. The number of ether oxygens (including phenoxy) is 3. The van der Waals surface area contributed by atoms with Crippen LogP contribution in [0.15, 0.2) is 12.1 Å². The molecular formula is C20H34N2O5Si. The number of nitro groups is 1. The van der Waals surface area contributed by atoms with Gasteiger partial charge in [0.25, 0.3) is 5.69 Å². The van der Waals surface area contributed by atoms with E-state index in [1.165, 1.54) is 46.2 Å². The highest BCUT2D eigenvalue weighted by atomic mass is 28.3. The molecule has 1 aromatic rings. The van der Waals surface area contributed by atoms with E-state index in [1.807, 2.05) is 0 Å². The highest BCUT2D eigenvalue weighted by Gasteiger charge is 2.37. The summed E-state index contributed by atoms with van der Waals surface area (Å²) >= 11 is 0. The fourth-order valence-electron chi connectivity index (χ4n) is 4.21. The van der Waals surface area contributed by atoms with Gasteiger partial charge in [0.15, 0.2) is 11.5 Å². The van der Waals surface area contributed by atoms with Crippen LogP contribution >= 0.6 is 0 Å². The fraction of sp³-hybridized carbons (Fsp3) is 0.700. The van der Waals surface area contributed by atoms with Crippen molar-refractivity contribution in [2.45, 2.75) is 57.8 Å². The molecule has 1 saturated heterocycles. The molecule has 7 nitrogen and oxygen atoms in total. The molecular weight excluding hydrogens is 376 g/mol. The van der Waals surface area contributed by atoms with E-state index in [9.17, 15) is 10.1 Å². The Hall–Kier alpha value is -1.64. The van der Waals surface area contributed by atoms with Gasteiger partial charge in [-0.2, -0.15) is 0 Å². The first kappa shape index (κ1) is 22.6. The number of hydrogen-bond acceptors (Lipinski definition) is 6. The van der Waals surface area contributed by atoms with Gasteiger partial charge in [-0.15, -0.1) is 0 Å². The molecule has 1 aliphatic heterocycles. The molecule has 8 heteroatoms. The minimum atomic E-state index is -1.48. The largest absolute Gasteiger partial charge is 0.493 e. The van der Waals surface area contributed by atoms with Gasteiger partial charge in [-0.25, -0.2) is 0 Å². The Kier molecular flexibility index (Phi) is 8.27. The molecule has 0 spiro atoms. The van der Waals surface area contributed by atoms with Crippen molar-refractivity contribution >= 4 is 13.9 Å². The molecule has 1 heterocycles. The summed E-state index contributed by atoms with van der Waals surface area (Å²) in [6, 6.07) is 3.03. The summed E-state index contributed by atoms with van der Waals surface area (Å²) in [4.78, 5) is 11.0. The van der Waals surface area contributed by atoms with Crippen LogP contribution in [0, 0.1) is 10.1 Å². The predicted octanol–water partition coefficient (Wildman–Crippen LogP) is 4.60. The maximum absolute atomic E-state index is 11.4. The molecule has 0 aliphatic carbocycles. The smallest absolute Gasteiger partial charge is 0.278 e. The predicted molar refractivity (Wildman–Crippen MR) is 113 cm³/mol. The molecule has 1 unspecified atom stereocenters. The summed E-state index contributed by atoms with van der Waals surface area (Å²) in [5.74, 6) is 0.822. The Labute approximate surface area is 169 Å². The molecule has 0 aromatic heterocycles. The Morgan fingerprint density at radius 3 is 2.32 bits per heavy atom. The van der Waals surface area contributed by atoms with E-state index in [2.05, 4.69) is 24.6 Å². The Balaban J connectivity index is 1.99. The first-order chi connectivity index (χ1) is 13.3. The van der Waals surface area contributed by atoms with Crippen LogP contribution in [0.1, 0.15) is 38.2 Å². The van der Waals surface area contributed by atoms with Crippen molar-refractivity contribution in [3.63, 3.8) is 0 Å². The zero-order valence-corrected chi connectivity index (χ0v) is 18.8. The average molecular weight is 411 g/mol. The van der Waals surface area contributed by atoms with Crippen LogP contribution in [0.5, 0.6) is 11.5 Å². The molecule has 1 aliphatic rings. The van der Waals surface area contributed by atoms with Gasteiger partial charge in [0, 0.05) is 6.61 Å². The molecule has 1 atom stereocenters. The van der Waals surface area contributed by atoms with Crippen LogP contribution < -0.4 is 9.47 Å². The lowest BCUT2D eigenvalue weighted by Gasteiger charge is -2.40. The van der Waals surface area contributed by atoms with E-state index in [4.69, 9.17) is 14.2 Å². The summed E-state index contributed by atoms with van der Waals surface area (Å²) in [5.41, 5.74) is 1.16. The van der Waals surface area contributed by atoms with Gasteiger partial charge in [0.05, 0.1) is 37.4 Å². The van der Waals surface area contributed by atoms with Gasteiger partial charge in [0.1, 0.15) is 8.24 Å². The molecule has 1 aromatic carbocycles. The third-order valence-corrected chi connectivity index (χ3v) is 10.8. The number of benzene rings is 1. The van der Waals surface area contributed by atoms with Crippen molar-refractivity contribution in [2.24, 2.45) is 0 Å². The van der Waals surface area contributed by atoms with Crippen molar-refractivity contribution in [1.82, 2.24) is 4.57 Å². The molecule has 28 heavy (non-hydrogen) atoms. The van der Waals surface area contributed by atoms with Crippen LogP contribution in [0.4, 0.5) is 5.69 Å². The summed E-state index contributed by atoms with van der Waals surface area (Å²) in [6.45, 7) is 10.4. The molecule has 0 saturated carbocycles. The van der Waals surface area contributed by atoms with Crippen LogP contribution in [-0.2, 0) is 11.3 Å². The Bertz CT molecular complexity index is 662. The van der Waals surface area contributed by atoms with Crippen LogP contribution in [0.25, 0.3) is 0 Å². The molecule has 0 bridgehead atoms. The van der Waals surface area contributed by atoms with Gasteiger partial charge in [-0.05, 0) is 44.0 Å². The van der Waals surface area contributed by atoms with Gasteiger partial charge in [0.2, 0.25) is 0 Å². The zero-order chi connectivity index (χ0) is 20.7. The van der Waals surface area contributed by atoms with Crippen LogP contribution in [-0.4, -0.2) is 51.6 Å². The van der Waals surface area contributed by atoms with E-state index in [-0.39, 0.29) is 12.3 Å². The third-order valence-electron chi connectivity index (χ3n) is 6.06. The van der Waals surface area contributed by atoms with Crippen molar-refractivity contribution in [3.8, 4) is 11.5 Å². The van der Waals surface area contributed by atoms with Gasteiger partial charge < -0.3 is 18.8 Å². The Morgan fingerprint density at radius 2 is 1.79 bits per heavy atom. The van der Waals surface area contributed by atoms with E-state index in [0.717, 1.165) is 12.8 Å². The zero-order valence-electron chi connectivity index (χ0n) is 17.8. The standard InChI is InChI=1S/C20H34N2O5Si/c1-6-17(28(4,5)21-10-7-8-11-21)9-12-27-15-16-13-19(25-2)20(26-3)14-18(16)22(23)24/h13-14,17H,6-12,15H2,1-5H3. The van der Waals surface area contributed by atoms with Crippen molar-refractivity contribution < 1.29 is 19.1 Å². The minimum absolute atomic E-state index is 0.00327. The monoisotopic (exact) mass is 410 g/mol. The maximum Gasteiger partial charge on any atom is 0.278 e. The van der Waals surface area contributed by atoms with Crippen LogP contribution in [0.3, 0.4) is 0 Å². The van der Waals surface area contributed by atoms with Gasteiger partial charge >= 0.3 is 0 Å². The normalized spacial score (nSPS) is 16.2. The summed E-state index contributed by atoms with van der Waals surface area (Å²) in [7, 11) is 1.51. The van der Waals surface area contributed by atoms with Crippen molar-refractivity contribution in [2.75, 3.05) is 33.9 Å². The second-order valence-electron chi connectivity index (χ2n) is 7.89. The van der Waals surface area contributed by atoms with E-state index in [1.54, 1.807) is 6.07 Å². The number of nitrogens with zero attached hydrogens (tertiary/aromatic N) is 2. The number of hydrogen-bond donors (Lipinski definition) is 0. The molecule has 158 valence electrons. The van der Waals surface area contributed by atoms with Gasteiger partial charge in [-0.3, -0.25) is 10.1 Å². The highest BCUT2D eigenvalue weighted by Crippen LogP contribution is 2.36. The molecule has 0 N–H and O–H groups in total. The van der Waals surface area contributed by atoms with E-state index >= 15 is 0 Å². The topological polar surface area (TPSA) is 74.1 Å². The van der Waals surface area contributed by atoms with Crippen molar-refractivity contribution in [3.05, 3.63) is 27.8 Å². The fourth-order valence-corrected chi connectivity index (χ4v) is 8.02. The molecule has 2 rings (SSSR count). The number of rotatable bonds is 11. The summed E-state index contributed by atoms with van der Waals surface area (Å²) in [5, 5.41) is 11.4. The Morgan fingerprint density at radius 1 is 1.18 bits per heavy atom. The third kappa shape index (κ3) is 5.24. The quantitative estimate of drug-likeness (QED) is 0.230. The lowest BCUT2D eigenvalue weighted by atomic mass is 10.1. The van der Waals surface area contributed by atoms with E-state index in [0.29, 0.717) is 29.2 Å². The average Bonchev–Trinajstić information content (AvgIpc) is 3.22. The maximum atomic E-state index is 11.4. The molecule has 0 radical (unpaired) electrons. The first-order valence-electron chi connectivity index (χ1n) is 10.1. The SMILES string of the molecule is CCC(CCOCc1cc(OC)c(OC)cc1[N+](=O)[O-])[Si](C)(C)N1CCCC1. The molecule has 1 fully saturated rings. The first-order valence-corrected chi connectivity index (χ1v) is 13.1. The second-order valence-corrected chi connectivity index (χ2v) is 12.6. The number of methoxy groups -OCH3 is 2. The lowest BCUT2D eigenvalue weighted by molar-refractivity contribution is -0.386. The number of nitro benzene ring substituents is 1. The van der Waals surface area contributed by atoms with Gasteiger partial charge in [-0.1, -0.05) is 26.4 Å². The second kappa shape index (κ2) is 10.2. The summed E-state index contributed by atoms with van der Waals surface area (Å²) in [6.07, 6.45) is 4.77. The minimum Gasteiger partial charge on any atom is -0.493 e. The highest BCUT2D eigenvalue weighted by molar-refractivity contribution is 6.76. The van der Waals surface area contributed by atoms with Crippen molar-refractivity contribution in [1.29, 1.82) is 0 Å². The van der Waals surface area contributed by atoms with Crippen LogP contribution in [0.2, 0.25) is 18.6 Å².